The molecule has 0 saturated carbocycles. The lowest BCUT2D eigenvalue weighted by Gasteiger charge is -2.03. The highest BCUT2D eigenvalue weighted by Crippen LogP contribution is 2.13. The van der Waals surface area contributed by atoms with Gasteiger partial charge >= 0.3 is 0 Å². The molecule has 0 aliphatic rings. The van der Waals surface area contributed by atoms with Gasteiger partial charge in [0.1, 0.15) is 0 Å². The Balaban J connectivity index is 2.66. The molecule has 0 amide bonds. The van der Waals surface area contributed by atoms with Crippen LogP contribution in [-0.2, 0) is 0 Å². The van der Waals surface area contributed by atoms with Crippen LogP contribution in [0, 0.1) is 5.82 Å². The summed E-state index contributed by atoms with van der Waals surface area (Å²) in [5, 5.41) is 3.80. The minimum Gasteiger partial charge on any atom is -0.231 e. The molecule has 0 saturated heterocycles. The largest absolute Gasteiger partial charge is 0.231 e. The van der Waals surface area contributed by atoms with Gasteiger partial charge < -0.3 is 0 Å². The number of fused-ring (bicyclic) bond motifs is 1. The molecule has 0 fully saturated rings. The first kappa shape index (κ1) is 8.16. The van der Waals surface area contributed by atoms with Crippen molar-refractivity contribution >= 4 is 5.65 Å². The number of nitrogens with zero attached hydrogens (tertiary/aromatic N) is 3. The van der Waals surface area contributed by atoms with Gasteiger partial charge in [-0.2, -0.15) is 5.10 Å². The minimum absolute atomic E-state index is 0.297. The first-order valence-corrected chi connectivity index (χ1v) is 4.18. The summed E-state index contributed by atoms with van der Waals surface area (Å²) in [5.74, 6) is -0.0678. The molecule has 4 heteroatoms. The maximum Gasteiger partial charge on any atom is 0.191 e. The highest BCUT2D eigenvalue weighted by molar-refractivity contribution is 5.38. The zero-order valence-electron chi connectivity index (χ0n) is 7.53. The van der Waals surface area contributed by atoms with Crippen molar-refractivity contribution in [3.8, 4) is 0 Å². The quantitative estimate of drug-likeness (QED) is 0.670. The van der Waals surface area contributed by atoms with Crippen molar-refractivity contribution in [2.24, 2.45) is 0 Å². The zero-order chi connectivity index (χ0) is 9.42. The van der Waals surface area contributed by atoms with Crippen LogP contribution in [0.4, 0.5) is 4.39 Å². The second-order valence-corrected chi connectivity index (χ2v) is 3.27. The molecule has 2 heterocycles. The molecular weight excluding hydrogens is 169 g/mol. The molecule has 0 radical (unpaired) electrons. The fourth-order valence-electron chi connectivity index (χ4n) is 1.18. The number of rotatable bonds is 1. The van der Waals surface area contributed by atoms with Gasteiger partial charge in [-0.3, -0.25) is 0 Å². The van der Waals surface area contributed by atoms with Gasteiger partial charge in [0, 0.05) is 11.9 Å². The van der Waals surface area contributed by atoms with Gasteiger partial charge in [0.05, 0.1) is 6.20 Å². The van der Waals surface area contributed by atoms with E-state index in [-0.39, 0.29) is 5.82 Å². The third kappa shape index (κ3) is 1.28. The van der Waals surface area contributed by atoms with Gasteiger partial charge in [-0.05, 0) is 12.0 Å². The smallest absolute Gasteiger partial charge is 0.191 e. The second kappa shape index (κ2) is 2.80. The maximum absolute atomic E-state index is 13.0. The first-order valence-electron chi connectivity index (χ1n) is 4.18. The molecule has 2 rings (SSSR count). The van der Waals surface area contributed by atoms with E-state index >= 15 is 0 Å². The predicted molar refractivity (Wildman–Crippen MR) is 47.0 cm³/mol. The Bertz CT molecular complexity index is 433. The molecular formula is C9H10FN3. The van der Waals surface area contributed by atoms with Crippen LogP contribution in [0.1, 0.15) is 25.5 Å². The monoisotopic (exact) mass is 179 g/mol. The van der Waals surface area contributed by atoms with Crippen molar-refractivity contribution < 1.29 is 4.39 Å². The van der Waals surface area contributed by atoms with Crippen LogP contribution in [0.3, 0.4) is 0 Å². The average molecular weight is 179 g/mol. The normalized spacial score (nSPS) is 11.4. The van der Waals surface area contributed by atoms with Crippen LogP contribution >= 0.6 is 0 Å². The van der Waals surface area contributed by atoms with Gasteiger partial charge in [0.25, 0.3) is 0 Å². The van der Waals surface area contributed by atoms with E-state index in [0.717, 1.165) is 5.69 Å². The highest BCUT2D eigenvalue weighted by atomic mass is 19.1. The summed E-state index contributed by atoms with van der Waals surface area (Å²) in [7, 11) is 0. The van der Waals surface area contributed by atoms with Crippen molar-refractivity contribution in [1.82, 2.24) is 14.6 Å². The van der Waals surface area contributed by atoms with Gasteiger partial charge in [0.2, 0.25) is 0 Å². The Labute approximate surface area is 75.2 Å². The van der Waals surface area contributed by atoms with Crippen LogP contribution in [0.2, 0.25) is 0 Å². The van der Waals surface area contributed by atoms with Crippen LogP contribution in [0.25, 0.3) is 5.65 Å². The fourth-order valence-corrected chi connectivity index (χ4v) is 1.18. The van der Waals surface area contributed by atoms with E-state index in [2.05, 4.69) is 10.1 Å². The molecule has 0 bridgehead atoms. The summed E-state index contributed by atoms with van der Waals surface area (Å²) >= 11 is 0. The summed E-state index contributed by atoms with van der Waals surface area (Å²) in [6, 6.07) is 1.85. The van der Waals surface area contributed by atoms with E-state index in [1.54, 1.807) is 6.20 Å². The third-order valence-corrected chi connectivity index (χ3v) is 1.94. The van der Waals surface area contributed by atoms with E-state index in [4.69, 9.17) is 0 Å². The molecule has 0 spiro atoms. The average Bonchev–Trinajstić information content (AvgIpc) is 2.47. The molecule has 3 nitrogen and oxygen atoms in total. The van der Waals surface area contributed by atoms with E-state index < -0.39 is 0 Å². The summed E-state index contributed by atoms with van der Waals surface area (Å²) in [6.07, 6.45) is 2.90. The molecule has 0 atom stereocenters. The van der Waals surface area contributed by atoms with Crippen LogP contribution in [-0.4, -0.2) is 14.6 Å². The first-order chi connectivity index (χ1) is 6.18. The minimum atomic E-state index is -0.373. The van der Waals surface area contributed by atoms with Crippen LogP contribution in [0.15, 0.2) is 18.5 Å². The Morgan fingerprint density at radius 3 is 2.92 bits per heavy atom. The molecule has 0 aliphatic carbocycles. The Morgan fingerprint density at radius 2 is 2.23 bits per heavy atom. The van der Waals surface area contributed by atoms with Crippen molar-refractivity contribution in [2.45, 2.75) is 19.8 Å². The lowest BCUT2D eigenvalue weighted by atomic mass is 10.1. The second-order valence-electron chi connectivity index (χ2n) is 3.27. The van der Waals surface area contributed by atoms with Gasteiger partial charge in [-0.25, -0.2) is 13.9 Å². The van der Waals surface area contributed by atoms with Crippen molar-refractivity contribution in [2.75, 3.05) is 0 Å². The molecule has 2 aromatic rings. The fraction of sp³-hybridized carbons (Fsp3) is 0.333. The van der Waals surface area contributed by atoms with Crippen LogP contribution in [0.5, 0.6) is 0 Å². The molecule has 68 valence electrons. The van der Waals surface area contributed by atoms with Crippen LogP contribution < -0.4 is 0 Å². The molecule has 0 unspecified atom stereocenters. The summed E-state index contributed by atoms with van der Waals surface area (Å²) in [4.78, 5) is 4.16. The number of aromatic nitrogens is 3. The SMILES string of the molecule is CC(C)c1ccn2ncc(F)c2n1. The maximum atomic E-state index is 13.0. The topological polar surface area (TPSA) is 30.2 Å². The van der Waals surface area contributed by atoms with Crippen molar-refractivity contribution in [3.05, 3.63) is 30.0 Å². The molecule has 0 aliphatic heterocycles. The van der Waals surface area contributed by atoms with E-state index in [1.165, 1.54) is 10.7 Å². The Kier molecular flexibility index (Phi) is 1.76. The summed E-state index contributed by atoms with van der Waals surface area (Å²) < 4.78 is 14.5. The summed E-state index contributed by atoms with van der Waals surface area (Å²) in [6.45, 7) is 4.04. The molecule has 2 aromatic heterocycles. The van der Waals surface area contributed by atoms with Crippen molar-refractivity contribution in [3.63, 3.8) is 0 Å². The van der Waals surface area contributed by atoms with Crippen molar-refractivity contribution in [1.29, 1.82) is 0 Å². The summed E-state index contributed by atoms with van der Waals surface area (Å²) in [5.41, 5.74) is 1.18. The Hall–Kier alpha value is -1.45. The molecule has 0 aromatic carbocycles. The van der Waals surface area contributed by atoms with Gasteiger partial charge in [-0.15, -0.1) is 0 Å². The number of hydrogen-bond acceptors (Lipinski definition) is 2. The lowest BCUT2D eigenvalue weighted by Crippen LogP contribution is -1.97. The standard InChI is InChI=1S/C9H10FN3/c1-6(2)8-3-4-13-9(12-8)7(10)5-11-13/h3-6H,1-2H3. The number of hydrogen-bond donors (Lipinski definition) is 0. The predicted octanol–water partition coefficient (Wildman–Crippen LogP) is 1.99. The molecule has 0 N–H and O–H groups in total. The zero-order valence-corrected chi connectivity index (χ0v) is 7.53. The third-order valence-electron chi connectivity index (χ3n) is 1.94. The van der Waals surface area contributed by atoms with Gasteiger partial charge in [0.15, 0.2) is 11.5 Å². The lowest BCUT2D eigenvalue weighted by molar-refractivity contribution is 0.634. The molecule has 13 heavy (non-hydrogen) atoms. The van der Waals surface area contributed by atoms with E-state index in [9.17, 15) is 4.39 Å². The van der Waals surface area contributed by atoms with E-state index in [1.807, 2.05) is 19.9 Å². The highest BCUT2D eigenvalue weighted by Gasteiger charge is 2.07. The van der Waals surface area contributed by atoms with Gasteiger partial charge in [-0.1, -0.05) is 13.8 Å². The Morgan fingerprint density at radius 1 is 1.46 bits per heavy atom. The van der Waals surface area contributed by atoms with E-state index in [0.29, 0.717) is 11.6 Å². The number of halogens is 1.